The van der Waals surface area contributed by atoms with Crippen LogP contribution in [0.2, 0.25) is 0 Å². The zero-order chi connectivity index (χ0) is 15.6. The Morgan fingerprint density at radius 3 is 2.76 bits per heavy atom. The number of rotatable bonds is 5. The first-order valence-corrected chi connectivity index (χ1v) is 7.43. The van der Waals surface area contributed by atoms with E-state index < -0.39 is 4.92 Å². The van der Waals surface area contributed by atoms with Crippen molar-refractivity contribution in [3.8, 4) is 0 Å². The van der Waals surface area contributed by atoms with Crippen LogP contribution in [0.5, 0.6) is 0 Å². The Kier molecular flexibility index (Phi) is 4.64. The number of non-ortho nitro benzene ring substituents is 1. The number of nitrogens with two attached hydrogens (primary N) is 1. The predicted molar refractivity (Wildman–Crippen MR) is 82.4 cm³/mol. The van der Waals surface area contributed by atoms with Crippen molar-refractivity contribution in [1.82, 2.24) is 9.55 Å². The fourth-order valence-electron chi connectivity index (χ4n) is 2.20. The van der Waals surface area contributed by atoms with Gasteiger partial charge in [0.25, 0.3) is 5.69 Å². The Labute approximate surface area is 127 Å². The molecule has 0 aliphatic rings. The second-order valence-corrected chi connectivity index (χ2v) is 6.06. The number of nitro benzene ring substituents is 1. The first-order chi connectivity index (χ1) is 9.93. The minimum absolute atomic E-state index is 0.0843. The van der Waals surface area contributed by atoms with E-state index in [1.54, 1.807) is 12.1 Å². The van der Waals surface area contributed by atoms with E-state index in [0.29, 0.717) is 12.5 Å². The normalized spacial score (nSPS) is 11.1. The molecule has 0 aliphatic carbocycles. The van der Waals surface area contributed by atoms with E-state index in [9.17, 15) is 10.1 Å². The summed E-state index contributed by atoms with van der Waals surface area (Å²) in [5.74, 6) is 1.11. The molecule has 2 aromatic rings. The van der Waals surface area contributed by atoms with E-state index in [0.717, 1.165) is 21.4 Å². The minimum Gasteiger partial charge on any atom is -0.333 e. The maximum absolute atomic E-state index is 10.8. The van der Waals surface area contributed by atoms with Crippen molar-refractivity contribution in [3.05, 3.63) is 45.9 Å². The van der Waals surface area contributed by atoms with Gasteiger partial charge in [-0.2, -0.15) is 0 Å². The molecular weight excluding hydrogens is 288 g/mol. The molecule has 112 valence electrons. The standard InChI is InChI=1S/C14H18N4O2S/c1-9(2)13-14(16-12(8-15)17(13)3)21-11-6-4-5-10(7-11)18(19)20/h4-7,9H,8,15H2,1-3H3. The second kappa shape index (κ2) is 6.28. The van der Waals surface area contributed by atoms with E-state index in [2.05, 4.69) is 18.8 Å². The fourth-order valence-corrected chi connectivity index (χ4v) is 3.37. The van der Waals surface area contributed by atoms with Gasteiger partial charge in [-0.15, -0.1) is 0 Å². The SMILES string of the molecule is CC(C)c1c(Sc2cccc([N+](=O)[O-])c2)nc(CN)n1C. The number of imidazole rings is 1. The summed E-state index contributed by atoms with van der Waals surface area (Å²) >= 11 is 1.43. The third-order valence-electron chi connectivity index (χ3n) is 3.17. The first-order valence-electron chi connectivity index (χ1n) is 6.62. The molecule has 0 spiro atoms. The number of nitrogens with zero attached hydrogens (tertiary/aromatic N) is 3. The van der Waals surface area contributed by atoms with Crippen LogP contribution in [-0.4, -0.2) is 14.5 Å². The average molecular weight is 306 g/mol. The second-order valence-electron chi connectivity index (χ2n) is 4.99. The van der Waals surface area contributed by atoms with Crippen LogP contribution >= 0.6 is 11.8 Å². The summed E-state index contributed by atoms with van der Waals surface area (Å²) < 4.78 is 2.00. The third-order valence-corrected chi connectivity index (χ3v) is 4.15. The molecule has 21 heavy (non-hydrogen) atoms. The summed E-state index contributed by atoms with van der Waals surface area (Å²) in [5, 5.41) is 11.7. The van der Waals surface area contributed by atoms with Crippen LogP contribution in [-0.2, 0) is 13.6 Å². The minimum atomic E-state index is -0.392. The molecule has 2 N–H and O–H groups in total. The number of benzene rings is 1. The molecule has 0 saturated carbocycles. The van der Waals surface area contributed by atoms with Gasteiger partial charge in [0.15, 0.2) is 0 Å². The van der Waals surface area contributed by atoms with Gasteiger partial charge in [0.2, 0.25) is 0 Å². The van der Waals surface area contributed by atoms with Gasteiger partial charge in [0.1, 0.15) is 10.9 Å². The summed E-state index contributed by atoms with van der Waals surface area (Å²) in [4.78, 5) is 15.8. The Hall–Kier alpha value is -1.86. The van der Waals surface area contributed by atoms with E-state index in [-0.39, 0.29) is 5.69 Å². The lowest BCUT2D eigenvalue weighted by atomic mass is 10.1. The monoisotopic (exact) mass is 306 g/mol. The summed E-state index contributed by atoms with van der Waals surface area (Å²) in [7, 11) is 1.95. The van der Waals surface area contributed by atoms with Crippen molar-refractivity contribution in [1.29, 1.82) is 0 Å². The van der Waals surface area contributed by atoms with Gasteiger partial charge in [-0.25, -0.2) is 4.98 Å². The number of hydrogen-bond donors (Lipinski definition) is 1. The van der Waals surface area contributed by atoms with Gasteiger partial charge < -0.3 is 10.3 Å². The quantitative estimate of drug-likeness (QED) is 0.677. The highest BCUT2D eigenvalue weighted by Crippen LogP contribution is 2.34. The van der Waals surface area contributed by atoms with Crippen molar-refractivity contribution in [3.63, 3.8) is 0 Å². The van der Waals surface area contributed by atoms with Crippen LogP contribution in [0.25, 0.3) is 0 Å². The molecule has 1 heterocycles. The molecule has 6 nitrogen and oxygen atoms in total. The number of nitro groups is 1. The van der Waals surface area contributed by atoms with Crippen LogP contribution in [0.4, 0.5) is 5.69 Å². The van der Waals surface area contributed by atoms with Crippen LogP contribution in [0, 0.1) is 10.1 Å². The lowest BCUT2D eigenvalue weighted by Gasteiger charge is -2.10. The summed E-state index contributed by atoms with van der Waals surface area (Å²) in [5.41, 5.74) is 6.88. The molecule has 0 atom stereocenters. The fraction of sp³-hybridized carbons (Fsp3) is 0.357. The highest BCUT2D eigenvalue weighted by atomic mass is 32.2. The van der Waals surface area contributed by atoms with Crippen LogP contribution in [0.15, 0.2) is 34.2 Å². The molecule has 0 fully saturated rings. The number of aromatic nitrogens is 2. The molecule has 1 aromatic carbocycles. The Bertz CT molecular complexity index is 667. The molecule has 0 aliphatic heterocycles. The number of hydrogen-bond acceptors (Lipinski definition) is 5. The predicted octanol–water partition coefficient (Wildman–Crippen LogP) is 3.06. The zero-order valence-corrected chi connectivity index (χ0v) is 13.1. The molecule has 0 radical (unpaired) electrons. The van der Waals surface area contributed by atoms with E-state index in [4.69, 9.17) is 5.73 Å². The molecule has 0 saturated heterocycles. The van der Waals surface area contributed by atoms with Crippen molar-refractivity contribution in [2.24, 2.45) is 12.8 Å². The Balaban J connectivity index is 2.39. The van der Waals surface area contributed by atoms with Gasteiger partial charge in [-0.3, -0.25) is 10.1 Å². The Morgan fingerprint density at radius 2 is 2.19 bits per heavy atom. The maximum atomic E-state index is 10.8. The van der Waals surface area contributed by atoms with Crippen molar-refractivity contribution < 1.29 is 4.92 Å². The van der Waals surface area contributed by atoms with Gasteiger partial charge >= 0.3 is 0 Å². The highest BCUT2D eigenvalue weighted by molar-refractivity contribution is 7.99. The molecule has 2 rings (SSSR count). The van der Waals surface area contributed by atoms with E-state index in [1.165, 1.54) is 17.8 Å². The molecule has 0 unspecified atom stereocenters. The van der Waals surface area contributed by atoms with Crippen molar-refractivity contribution in [2.75, 3.05) is 0 Å². The van der Waals surface area contributed by atoms with Crippen LogP contribution in [0.3, 0.4) is 0 Å². The largest absolute Gasteiger partial charge is 0.333 e. The van der Waals surface area contributed by atoms with Gasteiger partial charge in [0, 0.05) is 24.1 Å². The van der Waals surface area contributed by atoms with Gasteiger partial charge in [-0.05, 0) is 12.0 Å². The molecule has 0 bridgehead atoms. The first kappa shape index (κ1) is 15.5. The maximum Gasteiger partial charge on any atom is 0.270 e. The zero-order valence-electron chi connectivity index (χ0n) is 12.2. The smallest absolute Gasteiger partial charge is 0.270 e. The summed E-state index contributed by atoms with van der Waals surface area (Å²) in [6.07, 6.45) is 0. The van der Waals surface area contributed by atoms with Gasteiger partial charge in [-0.1, -0.05) is 31.7 Å². The third kappa shape index (κ3) is 3.25. The molecule has 0 amide bonds. The lowest BCUT2D eigenvalue weighted by molar-refractivity contribution is -0.385. The average Bonchev–Trinajstić information content (AvgIpc) is 2.75. The lowest BCUT2D eigenvalue weighted by Crippen LogP contribution is -2.07. The van der Waals surface area contributed by atoms with Crippen LogP contribution in [0.1, 0.15) is 31.3 Å². The topological polar surface area (TPSA) is 87.0 Å². The highest BCUT2D eigenvalue weighted by Gasteiger charge is 2.18. The van der Waals surface area contributed by atoms with Crippen molar-refractivity contribution in [2.45, 2.75) is 36.2 Å². The van der Waals surface area contributed by atoms with Crippen molar-refractivity contribution >= 4 is 17.4 Å². The van der Waals surface area contributed by atoms with E-state index >= 15 is 0 Å². The molecule has 7 heteroatoms. The van der Waals surface area contributed by atoms with Gasteiger partial charge in [0.05, 0.1) is 17.2 Å². The Morgan fingerprint density at radius 1 is 1.48 bits per heavy atom. The van der Waals surface area contributed by atoms with Crippen LogP contribution < -0.4 is 5.73 Å². The molecular formula is C14H18N4O2S. The summed E-state index contributed by atoms with van der Waals surface area (Å²) in [6, 6.07) is 6.57. The summed E-state index contributed by atoms with van der Waals surface area (Å²) in [6.45, 7) is 4.55. The molecule has 1 aromatic heterocycles. The van der Waals surface area contributed by atoms with E-state index in [1.807, 2.05) is 17.7 Å².